The highest BCUT2D eigenvalue weighted by Crippen LogP contribution is 2.38. The molecule has 7 nitrogen and oxygen atoms in total. The zero-order chi connectivity index (χ0) is 17.4. The third kappa shape index (κ3) is 2.89. The third-order valence-electron chi connectivity index (χ3n) is 5.00. The highest BCUT2D eigenvalue weighted by molar-refractivity contribution is 5.96. The van der Waals surface area contributed by atoms with Gasteiger partial charge in [-0.15, -0.1) is 0 Å². The first-order valence-corrected chi connectivity index (χ1v) is 8.65. The zero-order valence-corrected chi connectivity index (χ0v) is 13.8. The first-order valence-electron chi connectivity index (χ1n) is 8.65. The van der Waals surface area contributed by atoms with E-state index < -0.39 is 18.2 Å². The van der Waals surface area contributed by atoms with E-state index in [9.17, 15) is 14.4 Å². The summed E-state index contributed by atoms with van der Waals surface area (Å²) in [6.07, 6.45) is 1.85. The molecular formula is C18H20N2O5. The average molecular weight is 344 g/mol. The molecule has 1 aromatic carbocycles. The molecule has 0 bridgehead atoms. The second kappa shape index (κ2) is 6.48. The maximum absolute atomic E-state index is 12.6. The van der Waals surface area contributed by atoms with Crippen molar-refractivity contribution in [2.75, 3.05) is 13.2 Å². The minimum atomic E-state index is -0.822. The first-order chi connectivity index (χ1) is 12.1. The van der Waals surface area contributed by atoms with Crippen molar-refractivity contribution in [1.82, 2.24) is 10.2 Å². The van der Waals surface area contributed by atoms with Crippen LogP contribution in [-0.4, -0.2) is 48.0 Å². The van der Waals surface area contributed by atoms with Crippen LogP contribution in [0.5, 0.6) is 0 Å². The number of hydrogen-bond acceptors (Lipinski definition) is 5. The van der Waals surface area contributed by atoms with Gasteiger partial charge in [-0.1, -0.05) is 18.2 Å². The number of nitrogens with zero attached hydrogens (tertiary/aromatic N) is 1. The lowest BCUT2D eigenvalue weighted by Crippen LogP contribution is -2.47. The average Bonchev–Trinajstić information content (AvgIpc) is 3.33. The van der Waals surface area contributed by atoms with Gasteiger partial charge in [-0.3, -0.25) is 14.5 Å². The highest BCUT2D eigenvalue weighted by atomic mass is 16.6. The molecule has 4 rings (SSSR count). The molecule has 3 atom stereocenters. The van der Waals surface area contributed by atoms with E-state index in [0.29, 0.717) is 24.1 Å². The van der Waals surface area contributed by atoms with Crippen LogP contribution in [0.25, 0.3) is 0 Å². The van der Waals surface area contributed by atoms with Gasteiger partial charge in [-0.2, -0.15) is 0 Å². The molecule has 2 saturated heterocycles. The smallest absolute Gasteiger partial charge is 0.340 e. The molecule has 3 aliphatic heterocycles. The number of likely N-dealkylation sites (tertiary alicyclic amines) is 1. The van der Waals surface area contributed by atoms with E-state index in [2.05, 4.69) is 5.32 Å². The lowest BCUT2D eigenvalue weighted by molar-refractivity contribution is -0.145. The second-order valence-corrected chi connectivity index (χ2v) is 6.58. The molecule has 2 fully saturated rings. The van der Waals surface area contributed by atoms with Crippen molar-refractivity contribution in [2.45, 2.75) is 44.1 Å². The molecule has 0 unspecified atom stereocenters. The Bertz CT molecular complexity index is 713. The predicted octanol–water partition coefficient (Wildman–Crippen LogP) is 1.14. The molecule has 0 saturated carbocycles. The molecule has 3 aliphatic rings. The number of ether oxygens (including phenoxy) is 2. The Hall–Kier alpha value is -2.41. The van der Waals surface area contributed by atoms with Gasteiger partial charge in [0.2, 0.25) is 18.0 Å². The number of esters is 1. The molecule has 2 amide bonds. The number of rotatable bonds is 4. The van der Waals surface area contributed by atoms with E-state index in [-0.39, 0.29) is 24.3 Å². The number of hydrogen-bond donors (Lipinski definition) is 1. The quantitative estimate of drug-likeness (QED) is 0.828. The van der Waals surface area contributed by atoms with Crippen molar-refractivity contribution in [2.24, 2.45) is 0 Å². The van der Waals surface area contributed by atoms with Crippen molar-refractivity contribution in [3.8, 4) is 0 Å². The molecule has 0 spiro atoms. The summed E-state index contributed by atoms with van der Waals surface area (Å²) in [5, 5.41) is 2.88. The molecule has 7 heteroatoms. The van der Waals surface area contributed by atoms with E-state index in [0.717, 1.165) is 19.4 Å². The molecule has 3 heterocycles. The summed E-state index contributed by atoms with van der Waals surface area (Å²) < 4.78 is 10.9. The summed E-state index contributed by atoms with van der Waals surface area (Å²) in [4.78, 5) is 38.4. The van der Waals surface area contributed by atoms with E-state index in [4.69, 9.17) is 9.47 Å². The number of carbonyl (C=O) groups excluding carboxylic acids is 3. The van der Waals surface area contributed by atoms with Gasteiger partial charge < -0.3 is 14.8 Å². The van der Waals surface area contributed by atoms with Crippen molar-refractivity contribution >= 4 is 17.8 Å². The largest absolute Gasteiger partial charge is 0.433 e. The number of fused-ring (bicyclic) bond motifs is 1. The van der Waals surface area contributed by atoms with E-state index in [1.165, 1.54) is 4.90 Å². The number of benzene rings is 1. The summed E-state index contributed by atoms with van der Waals surface area (Å²) >= 11 is 0. The van der Waals surface area contributed by atoms with Crippen molar-refractivity contribution in [3.05, 3.63) is 35.4 Å². The maximum atomic E-state index is 12.6. The molecule has 0 aliphatic carbocycles. The summed E-state index contributed by atoms with van der Waals surface area (Å²) in [5.41, 5.74) is 1.09. The SMILES string of the molecule is O=C1O[C@@H](N2C(=O)CC[C@@H]2C(=O)NC[C@@H]2CCCO2)c2ccccc21. The Balaban J connectivity index is 1.50. The maximum Gasteiger partial charge on any atom is 0.340 e. The molecule has 1 aromatic rings. The van der Waals surface area contributed by atoms with Crippen molar-refractivity contribution in [3.63, 3.8) is 0 Å². The second-order valence-electron chi connectivity index (χ2n) is 6.58. The Kier molecular flexibility index (Phi) is 4.17. The Morgan fingerprint density at radius 1 is 1.24 bits per heavy atom. The van der Waals surface area contributed by atoms with Crippen LogP contribution in [0, 0.1) is 0 Å². The normalized spacial score (nSPS) is 28.2. The number of amides is 2. The van der Waals surface area contributed by atoms with Crippen LogP contribution in [-0.2, 0) is 19.1 Å². The van der Waals surface area contributed by atoms with Crippen LogP contribution < -0.4 is 5.32 Å². The van der Waals surface area contributed by atoms with Gasteiger partial charge in [0.25, 0.3) is 0 Å². The van der Waals surface area contributed by atoms with Gasteiger partial charge in [-0.25, -0.2) is 4.79 Å². The minimum Gasteiger partial charge on any atom is -0.433 e. The molecule has 0 aromatic heterocycles. The number of cyclic esters (lactones) is 1. The van der Waals surface area contributed by atoms with Crippen LogP contribution in [0.2, 0.25) is 0 Å². The van der Waals surface area contributed by atoms with Crippen molar-refractivity contribution < 1.29 is 23.9 Å². The summed E-state index contributed by atoms with van der Waals surface area (Å²) in [6, 6.07) is 6.35. The standard InChI is InChI=1S/C18H20N2O5/c21-15-8-7-14(16(22)19-10-11-4-3-9-24-11)20(15)17-12-5-1-2-6-13(12)18(23)25-17/h1-2,5-6,11,14,17H,3-4,7-10H2,(H,19,22)/t11-,14+,17+/m0/s1. The van der Waals surface area contributed by atoms with E-state index in [1.807, 2.05) is 0 Å². The zero-order valence-electron chi connectivity index (χ0n) is 13.8. The highest BCUT2D eigenvalue weighted by Gasteiger charge is 2.46. The van der Waals surface area contributed by atoms with Crippen LogP contribution in [0.15, 0.2) is 24.3 Å². The van der Waals surface area contributed by atoms with Crippen LogP contribution in [0.4, 0.5) is 0 Å². The van der Waals surface area contributed by atoms with Gasteiger partial charge in [0.15, 0.2) is 0 Å². The fourth-order valence-electron chi connectivity index (χ4n) is 3.72. The van der Waals surface area contributed by atoms with Gasteiger partial charge in [-0.05, 0) is 25.3 Å². The van der Waals surface area contributed by atoms with Crippen molar-refractivity contribution in [1.29, 1.82) is 0 Å². The monoisotopic (exact) mass is 344 g/mol. The van der Waals surface area contributed by atoms with Crippen LogP contribution in [0.3, 0.4) is 0 Å². The Morgan fingerprint density at radius 3 is 2.88 bits per heavy atom. The Morgan fingerprint density at radius 2 is 2.08 bits per heavy atom. The van der Waals surface area contributed by atoms with Crippen LogP contribution in [0.1, 0.15) is 47.8 Å². The first kappa shape index (κ1) is 16.1. The fraction of sp³-hybridized carbons (Fsp3) is 0.500. The topological polar surface area (TPSA) is 84.9 Å². The molecule has 0 radical (unpaired) electrons. The third-order valence-corrected chi connectivity index (χ3v) is 5.00. The molecule has 25 heavy (non-hydrogen) atoms. The fourth-order valence-corrected chi connectivity index (χ4v) is 3.72. The van der Waals surface area contributed by atoms with Crippen LogP contribution >= 0.6 is 0 Å². The molecule has 1 N–H and O–H groups in total. The van der Waals surface area contributed by atoms with Gasteiger partial charge >= 0.3 is 5.97 Å². The minimum absolute atomic E-state index is 0.0412. The summed E-state index contributed by atoms with van der Waals surface area (Å²) in [7, 11) is 0. The predicted molar refractivity (Wildman–Crippen MR) is 86.5 cm³/mol. The summed E-state index contributed by atoms with van der Waals surface area (Å²) in [6.45, 7) is 1.17. The lowest BCUT2D eigenvalue weighted by Gasteiger charge is -2.29. The van der Waals surface area contributed by atoms with E-state index >= 15 is 0 Å². The number of nitrogens with one attached hydrogen (secondary N) is 1. The Labute approximate surface area is 145 Å². The lowest BCUT2D eigenvalue weighted by atomic mass is 10.1. The van der Waals surface area contributed by atoms with Gasteiger partial charge in [0.05, 0.1) is 11.7 Å². The van der Waals surface area contributed by atoms with Gasteiger partial charge in [0.1, 0.15) is 6.04 Å². The van der Waals surface area contributed by atoms with E-state index in [1.54, 1.807) is 24.3 Å². The molecular weight excluding hydrogens is 324 g/mol. The molecule has 132 valence electrons. The summed E-state index contributed by atoms with van der Waals surface area (Å²) in [5.74, 6) is -0.854. The number of carbonyl (C=O) groups is 3. The van der Waals surface area contributed by atoms with Gasteiger partial charge in [0, 0.05) is 25.1 Å².